The lowest BCUT2D eigenvalue weighted by molar-refractivity contribution is 0.410. The fourth-order valence-electron chi connectivity index (χ4n) is 2.03. The highest BCUT2D eigenvalue weighted by atomic mass is 35.5. The van der Waals surface area contributed by atoms with Gasteiger partial charge in [0, 0.05) is 31.9 Å². The van der Waals surface area contributed by atoms with Gasteiger partial charge in [-0.3, -0.25) is 0 Å². The van der Waals surface area contributed by atoms with Gasteiger partial charge in [0.05, 0.1) is 17.8 Å². The van der Waals surface area contributed by atoms with E-state index < -0.39 is 0 Å². The summed E-state index contributed by atoms with van der Waals surface area (Å²) in [4.78, 5) is 1.99. The molecular formula is C16H19ClN2O. The van der Waals surface area contributed by atoms with Crippen LogP contribution in [0.2, 0.25) is 5.02 Å². The fourth-order valence-corrected chi connectivity index (χ4v) is 2.38. The topological polar surface area (TPSA) is 24.5 Å². The molecule has 0 aliphatic heterocycles. The first-order chi connectivity index (χ1) is 9.61. The summed E-state index contributed by atoms with van der Waals surface area (Å²) in [6.45, 7) is 0.696. The molecule has 0 spiro atoms. The van der Waals surface area contributed by atoms with E-state index in [0.29, 0.717) is 6.54 Å². The second-order valence-corrected chi connectivity index (χ2v) is 5.13. The molecule has 0 unspecified atom stereocenters. The number of para-hydroxylation sites is 1. The molecule has 2 rings (SSSR count). The highest BCUT2D eigenvalue weighted by Gasteiger charge is 2.05. The van der Waals surface area contributed by atoms with Crippen LogP contribution in [0, 0.1) is 0 Å². The number of benzene rings is 2. The summed E-state index contributed by atoms with van der Waals surface area (Å²) in [5.74, 6) is 0.885. The van der Waals surface area contributed by atoms with Crippen molar-refractivity contribution in [1.29, 1.82) is 0 Å². The van der Waals surface area contributed by atoms with Gasteiger partial charge in [0.2, 0.25) is 0 Å². The van der Waals surface area contributed by atoms with Crippen molar-refractivity contribution in [3.63, 3.8) is 0 Å². The monoisotopic (exact) mass is 290 g/mol. The summed E-state index contributed by atoms with van der Waals surface area (Å²) in [5, 5.41) is 4.10. The van der Waals surface area contributed by atoms with Gasteiger partial charge in [-0.2, -0.15) is 0 Å². The molecule has 0 aliphatic carbocycles. The molecule has 1 N–H and O–H groups in total. The van der Waals surface area contributed by atoms with Crippen molar-refractivity contribution in [1.82, 2.24) is 0 Å². The van der Waals surface area contributed by atoms with Gasteiger partial charge in [0.15, 0.2) is 0 Å². The number of hydrogen-bond donors (Lipinski definition) is 1. The van der Waals surface area contributed by atoms with Gasteiger partial charge in [-0.05, 0) is 24.3 Å². The Morgan fingerprint density at radius 3 is 2.55 bits per heavy atom. The maximum Gasteiger partial charge on any atom is 0.123 e. The minimum Gasteiger partial charge on any atom is -0.496 e. The highest BCUT2D eigenvalue weighted by molar-refractivity contribution is 6.33. The third kappa shape index (κ3) is 3.36. The minimum absolute atomic E-state index is 0.696. The molecule has 0 aromatic heterocycles. The van der Waals surface area contributed by atoms with E-state index in [1.54, 1.807) is 7.11 Å². The average molecular weight is 291 g/mol. The predicted molar refractivity (Wildman–Crippen MR) is 86.1 cm³/mol. The first-order valence-corrected chi connectivity index (χ1v) is 6.82. The normalized spacial score (nSPS) is 10.2. The van der Waals surface area contributed by atoms with Crippen LogP contribution in [0.5, 0.6) is 5.75 Å². The van der Waals surface area contributed by atoms with Crippen molar-refractivity contribution in [2.45, 2.75) is 6.54 Å². The van der Waals surface area contributed by atoms with Gasteiger partial charge in [-0.25, -0.2) is 0 Å². The molecule has 106 valence electrons. The number of methoxy groups -OCH3 is 1. The first kappa shape index (κ1) is 14.5. The molecule has 4 heteroatoms. The molecule has 0 radical (unpaired) electrons. The lowest BCUT2D eigenvalue weighted by Gasteiger charge is -2.16. The number of rotatable bonds is 5. The summed E-state index contributed by atoms with van der Waals surface area (Å²) in [5.41, 5.74) is 3.11. The Bertz CT molecular complexity index is 584. The lowest BCUT2D eigenvalue weighted by Crippen LogP contribution is -2.09. The smallest absolute Gasteiger partial charge is 0.123 e. The summed E-state index contributed by atoms with van der Waals surface area (Å²) in [6, 6.07) is 13.9. The van der Waals surface area contributed by atoms with E-state index in [9.17, 15) is 0 Å². The number of anilines is 2. The average Bonchev–Trinajstić information content (AvgIpc) is 2.45. The van der Waals surface area contributed by atoms with Gasteiger partial charge in [-0.15, -0.1) is 0 Å². The second-order valence-electron chi connectivity index (χ2n) is 4.73. The Morgan fingerprint density at radius 2 is 1.90 bits per heavy atom. The van der Waals surface area contributed by atoms with Crippen LogP contribution < -0.4 is 15.0 Å². The van der Waals surface area contributed by atoms with Crippen molar-refractivity contribution >= 4 is 23.0 Å². The van der Waals surface area contributed by atoms with E-state index in [1.165, 1.54) is 0 Å². The van der Waals surface area contributed by atoms with Crippen molar-refractivity contribution in [2.24, 2.45) is 0 Å². The molecule has 0 amide bonds. The van der Waals surface area contributed by atoms with Crippen LogP contribution in [0.4, 0.5) is 11.4 Å². The highest BCUT2D eigenvalue weighted by Crippen LogP contribution is 2.28. The molecule has 3 nitrogen and oxygen atoms in total. The Kier molecular flexibility index (Phi) is 4.74. The lowest BCUT2D eigenvalue weighted by atomic mass is 10.2. The molecule has 0 aliphatic rings. The quantitative estimate of drug-likeness (QED) is 0.900. The zero-order chi connectivity index (χ0) is 14.5. The van der Waals surface area contributed by atoms with Gasteiger partial charge in [-0.1, -0.05) is 29.8 Å². The second kappa shape index (κ2) is 6.53. The maximum atomic E-state index is 6.26. The van der Waals surface area contributed by atoms with Crippen LogP contribution in [-0.2, 0) is 6.54 Å². The number of nitrogens with one attached hydrogen (secondary N) is 1. The molecule has 0 fully saturated rings. The summed E-state index contributed by atoms with van der Waals surface area (Å²) in [6.07, 6.45) is 0. The van der Waals surface area contributed by atoms with Crippen molar-refractivity contribution in [2.75, 3.05) is 31.4 Å². The number of ether oxygens (including phenoxy) is 1. The van der Waals surface area contributed by atoms with Gasteiger partial charge < -0.3 is 15.0 Å². The molecule has 0 atom stereocenters. The Labute approximate surface area is 125 Å². The van der Waals surface area contributed by atoms with Crippen molar-refractivity contribution in [3.05, 3.63) is 53.1 Å². The van der Waals surface area contributed by atoms with Crippen LogP contribution in [0.25, 0.3) is 0 Å². The molecule has 0 bridgehead atoms. The van der Waals surface area contributed by atoms with Crippen LogP contribution in [0.1, 0.15) is 5.56 Å². The van der Waals surface area contributed by atoms with E-state index in [0.717, 1.165) is 27.7 Å². The molecule has 0 saturated carbocycles. The van der Waals surface area contributed by atoms with Crippen molar-refractivity contribution < 1.29 is 4.74 Å². The zero-order valence-corrected chi connectivity index (χ0v) is 12.7. The van der Waals surface area contributed by atoms with Crippen LogP contribution in [0.15, 0.2) is 42.5 Å². The van der Waals surface area contributed by atoms with E-state index in [2.05, 4.69) is 5.32 Å². The molecule has 0 heterocycles. The van der Waals surface area contributed by atoms with E-state index in [4.69, 9.17) is 16.3 Å². The number of nitrogens with zero attached hydrogens (tertiary/aromatic N) is 1. The van der Waals surface area contributed by atoms with E-state index >= 15 is 0 Å². The SMILES string of the molecule is COc1ccccc1CNc1ccc(N(C)C)c(Cl)c1. The Balaban J connectivity index is 2.09. The summed E-state index contributed by atoms with van der Waals surface area (Å²) in [7, 11) is 5.63. The van der Waals surface area contributed by atoms with Crippen LogP contribution >= 0.6 is 11.6 Å². The largest absolute Gasteiger partial charge is 0.496 e. The summed E-state index contributed by atoms with van der Waals surface area (Å²) < 4.78 is 5.34. The molecule has 2 aromatic rings. The Hall–Kier alpha value is -1.87. The number of halogens is 1. The first-order valence-electron chi connectivity index (χ1n) is 6.44. The third-order valence-corrected chi connectivity index (χ3v) is 3.41. The maximum absolute atomic E-state index is 6.26. The van der Waals surface area contributed by atoms with E-state index in [1.807, 2.05) is 61.5 Å². The molecule has 2 aromatic carbocycles. The molecular weight excluding hydrogens is 272 g/mol. The van der Waals surface area contributed by atoms with Gasteiger partial charge >= 0.3 is 0 Å². The Morgan fingerprint density at radius 1 is 1.15 bits per heavy atom. The third-order valence-electron chi connectivity index (χ3n) is 3.10. The molecule has 20 heavy (non-hydrogen) atoms. The van der Waals surface area contributed by atoms with Crippen LogP contribution in [0.3, 0.4) is 0 Å². The standard InChI is InChI=1S/C16H19ClN2O/c1-19(2)15-9-8-13(10-14(15)17)18-11-12-6-4-5-7-16(12)20-3/h4-10,18H,11H2,1-3H3. The number of hydrogen-bond acceptors (Lipinski definition) is 3. The predicted octanol–water partition coefficient (Wildman–Crippen LogP) is 4.03. The minimum atomic E-state index is 0.696. The van der Waals surface area contributed by atoms with E-state index in [-0.39, 0.29) is 0 Å². The van der Waals surface area contributed by atoms with Crippen molar-refractivity contribution in [3.8, 4) is 5.75 Å². The zero-order valence-electron chi connectivity index (χ0n) is 12.0. The van der Waals surface area contributed by atoms with Gasteiger partial charge in [0.1, 0.15) is 5.75 Å². The van der Waals surface area contributed by atoms with Crippen LogP contribution in [-0.4, -0.2) is 21.2 Å². The molecule has 0 saturated heterocycles. The fraction of sp³-hybridized carbons (Fsp3) is 0.250. The summed E-state index contributed by atoms with van der Waals surface area (Å²) >= 11 is 6.26. The van der Waals surface area contributed by atoms with Gasteiger partial charge in [0.25, 0.3) is 0 Å².